The number of hydrogen-bond donors (Lipinski definition) is 4. The Hall–Kier alpha value is -4.07. The summed E-state index contributed by atoms with van der Waals surface area (Å²) in [6, 6.07) is 22.0. The molecule has 2 aliphatic rings. The minimum absolute atomic E-state index is 0.222. The van der Waals surface area contributed by atoms with E-state index in [4.69, 9.17) is 38.4 Å². The quantitative estimate of drug-likeness (QED) is 0.0724. The number of carbonyl (C=O) groups is 2. The van der Waals surface area contributed by atoms with E-state index < -0.39 is 35.5 Å². The summed E-state index contributed by atoms with van der Waals surface area (Å²) in [5.74, 6) is -0.708. The number of aliphatic hydroxyl groups is 2. The molecule has 2 fully saturated rings. The SMILES string of the molecule is CC(C)(C)Oc1ccc([C@@H](O)[C@@H](CN2CCCC2)NC(=O)C(=O)c2ccc(-c3ccc(F)cc3)cc2)cc1Cl.CC(C)(C)Oc1ccc([C@@H](O)[C@H](N)CN2CCCC2)cc1Cl. The van der Waals surface area contributed by atoms with Crippen molar-refractivity contribution in [3.63, 3.8) is 0 Å². The van der Waals surface area contributed by atoms with Crippen LogP contribution in [0.15, 0.2) is 84.9 Å². The van der Waals surface area contributed by atoms with Crippen LogP contribution in [-0.4, -0.2) is 94.3 Å². The lowest BCUT2D eigenvalue weighted by atomic mass is 10.00. The molecule has 2 saturated heterocycles. The van der Waals surface area contributed by atoms with Crippen molar-refractivity contribution >= 4 is 34.9 Å². The maximum Gasteiger partial charge on any atom is 0.292 e. The second kappa shape index (κ2) is 21.3. The fourth-order valence-corrected chi connectivity index (χ4v) is 7.81. The Balaban J connectivity index is 0.000000271. The standard InChI is InChI=1S/C31H34ClFN2O4.C17H27ClN2O2/c1-31(2,3)39-27-15-12-23(18-25(27)32)28(36)26(19-35-16-4-5-17-35)34-30(38)29(37)22-8-6-20(7-9-22)21-10-13-24(33)14-11-21;1-17(2,3)22-15-7-6-12(10-13(15)18)16(21)14(19)11-20-8-4-5-9-20/h6-15,18,26,28,36H,4-5,16-17,19H2,1-3H3,(H,34,38);6-7,10,14,16,21H,4-5,8-9,11,19H2,1-3H3/t26-,28-;14-,16-/m11/s1. The van der Waals surface area contributed by atoms with Crippen molar-refractivity contribution in [1.82, 2.24) is 15.1 Å². The first-order valence-electron chi connectivity index (χ1n) is 21.0. The van der Waals surface area contributed by atoms with Gasteiger partial charge in [0.2, 0.25) is 5.78 Å². The lowest BCUT2D eigenvalue weighted by molar-refractivity contribution is -0.118. The fourth-order valence-electron chi connectivity index (χ4n) is 7.36. The largest absolute Gasteiger partial charge is 0.487 e. The van der Waals surface area contributed by atoms with Gasteiger partial charge in [0.15, 0.2) is 0 Å². The third-order valence-electron chi connectivity index (χ3n) is 10.4. The molecule has 4 aromatic rings. The molecule has 61 heavy (non-hydrogen) atoms. The van der Waals surface area contributed by atoms with E-state index in [-0.39, 0.29) is 23.0 Å². The van der Waals surface area contributed by atoms with Crippen molar-refractivity contribution in [3.8, 4) is 22.6 Å². The third-order valence-corrected chi connectivity index (χ3v) is 11.0. The summed E-state index contributed by atoms with van der Waals surface area (Å²) in [4.78, 5) is 30.5. The summed E-state index contributed by atoms with van der Waals surface area (Å²) in [5, 5.41) is 25.4. The van der Waals surface area contributed by atoms with Gasteiger partial charge >= 0.3 is 0 Å². The Morgan fingerprint density at radius 1 is 0.689 bits per heavy atom. The van der Waals surface area contributed by atoms with Gasteiger partial charge in [-0.05, 0) is 152 Å². The van der Waals surface area contributed by atoms with Gasteiger partial charge in [0, 0.05) is 24.7 Å². The smallest absolute Gasteiger partial charge is 0.292 e. The molecule has 0 aromatic heterocycles. The van der Waals surface area contributed by atoms with Gasteiger partial charge in [-0.15, -0.1) is 0 Å². The minimum Gasteiger partial charge on any atom is -0.487 e. The number of amides is 1. The van der Waals surface area contributed by atoms with Crippen LogP contribution in [0.3, 0.4) is 0 Å². The zero-order chi connectivity index (χ0) is 44.5. The van der Waals surface area contributed by atoms with Crippen LogP contribution < -0.4 is 20.5 Å². The first-order valence-corrected chi connectivity index (χ1v) is 21.8. The van der Waals surface area contributed by atoms with Crippen molar-refractivity contribution in [2.75, 3.05) is 39.3 Å². The molecule has 1 amide bonds. The van der Waals surface area contributed by atoms with Gasteiger partial charge in [-0.1, -0.05) is 71.7 Å². The number of nitrogens with zero attached hydrogens (tertiary/aromatic N) is 2. The zero-order valence-electron chi connectivity index (χ0n) is 36.1. The number of nitrogens with two attached hydrogens (primary N) is 1. The van der Waals surface area contributed by atoms with E-state index in [1.165, 1.54) is 25.0 Å². The maximum absolute atomic E-state index is 13.2. The molecule has 13 heteroatoms. The Morgan fingerprint density at radius 3 is 1.56 bits per heavy atom. The number of nitrogens with one attached hydrogen (secondary N) is 1. The van der Waals surface area contributed by atoms with Crippen LogP contribution in [0.5, 0.6) is 11.5 Å². The molecule has 0 radical (unpaired) electrons. The number of likely N-dealkylation sites (tertiary alicyclic amines) is 2. The molecular weight excluding hydrogens is 818 g/mol. The van der Waals surface area contributed by atoms with Crippen LogP contribution in [0, 0.1) is 5.82 Å². The second-order valence-corrected chi connectivity index (χ2v) is 18.7. The van der Waals surface area contributed by atoms with Gasteiger partial charge in [0.1, 0.15) is 34.6 Å². The molecule has 2 aliphatic heterocycles. The molecule has 5 N–H and O–H groups in total. The Bertz CT molecular complexity index is 2060. The molecule has 2 heterocycles. The Labute approximate surface area is 370 Å². The second-order valence-electron chi connectivity index (χ2n) is 17.9. The van der Waals surface area contributed by atoms with Crippen molar-refractivity contribution in [3.05, 3.63) is 117 Å². The van der Waals surface area contributed by atoms with Gasteiger partial charge in [-0.3, -0.25) is 9.59 Å². The minimum atomic E-state index is -1.09. The number of rotatable bonds is 14. The first kappa shape index (κ1) is 48.0. The number of halogens is 3. The summed E-state index contributed by atoms with van der Waals surface area (Å²) in [6.45, 7) is 16.6. The number of carbonyl (C=O) groups excluding carboxylic acids is 2. The average Bonchev–Trinajstić information content (AvgIpc) is 3.93. The molecule has 6 rings (SSSR count). The summed E-state index contributed by atoms with van der Waals surface area (Å²) < 4.78 is 24.9. The zero-order valence-corrected chi connectivity index (χ0v) is 37.6. The number of aliphatic hydroxyl groups excluding tert-OH is 2. The predicted molar refractivity (Wildman–Crippen MR) is 241 cm³/mol. The first-order chi connectivity index (χ1) is 28.8. The maximum atomic E-state index is 13.2. The summed E-state index contributed by atoms with van der Waals surface area (Å²) in [5.41, 5.74) is 8.47. The normalized spacial score (nSPS) is 16.9. The van der Waals surface area contributed by atoms with E-state index in [0.717, 1.165) is 55.7 Å². The van der Waals surface area contributed by atoms with Gasteiger partial charge in [-0.2, -0.15) is 0 Å². The van der Waals surface area contributed by atoms with Crippen molar-refractivity contribution in [2.45, 2.75) is 103 Å². The highest BCUT2D eigenvalue weighted by molar-refractivity contribution is 6.42. The van der Waals surface area contributed by atoms with Crippen molar-refractivity contribution < 1.29 is 33.7 Å². The van der Waals surface area contributed by atoms with Crippen LogP contribution in [0.2, 0.25) is 10.0 Å². The monoisotopic (exact) mass is 878 g/mol. The lowest BCUT2D eigenvalue weighted by Crippen LogP contribution is -2.48. The van der Waals surface area contributed by atoms with E-state index in [1.807, 2.05) is 47.6 Å². The van der Waals surface area contributed by atoms with E-state index in [0.29, 0.717) is 40.2 Å². The van der Waals surface area contributed by atoms with Gasteiger partial charge < -0.3 is 40.5 Å². The molecule has 0 bridgehead atoms. The van der Waals surface area contributed by atoms with Gasteiger partial charge in [0.05, 0.1) is 22.2 Å². The number of ether oxygens (including phenoxy) is 2. The van der Waals surface area contributed by atoms with E-state index >= 15 is 0 Å². The lowest BCUT2D eigenvalue weighted by Gasteiger charge is -2.29. The molecule has 0 saturated carbocycles. The predicted octanol–water partition coefficient (Wildman–Crippen LogP) is 8.79. The molecule has 0 aliphatic carbocycles. The van der Waals surface area contributed by atoms with Gasteiger partial charge in [0.25, 0.3) is 5.91 Å². The fraction of sp³-hybridized carbons (Fsp3) is 0.458. The number of Topliss-reactive ketones (excluding diaryl/α,β-unsaturated/α-hetero) is 1. The Kier molecular flexibility index (Phi) is 16.8. The number of benzene rings is 4. The summed E-state index contributed by atoms with van der Waals surface area (Å²) in [7, 11) is 0. The van der Waals surface area contributed by atoms with E-state index in [2.05, 4.69) is 15.1 Å². The number of hydrogen-bond acceptors (Lipinski definition) is 9. The average molecular weight is 880 g/mol. The number of ketones is 1. The third kappa shape index (κ3) is 14.5. The van der Waals surface area contributed by atoms with Crippen LogP contribution in [0.25, 0.3) is 11.1 Å². The highest BCUT2D eigenvalue weighted by Gasteiger charge is 2.30. The highest BCUT2D eigenvalue weighted by atomic mass is 35.5. The van der Waals surface area contributed by atoms with Crippen LogP contribution in [0.1, 0.15) is 101 Å². The molecule has 0 unspecified atom stereocenters. The van der Waals surface area contributed by atoms with Gasteiger partial charge in [-0.25, -0.2) is 4.39 Å². The van der Waals surface area contributed by atoms with Crippen molar-refractivity contribution in [1.29, 1.82) is 0 Å². The highest BCUT2D eigenvalue weighted by Crippen LogP contribution is 2.33. The van der Waals surface area contributed by atoms with Crippen molar-refractivity contribution in [2.24, 2.45) is 5.73 Å². The molecule has 330 valence electrons. The molecule has 0 spiro atoms. The van der Waals surface area contributed by atoms with E-state index in [1.54, 1.807) is 66.7 Å². The van der Waals surface area contributed by atoms with E-state index in [9.17, 15) is 24.2 Å². The van der Waals surface area contributed by atoms with Crippen LogP contribution >= 0.6 is 23.2 Å². The summed E-state index contributed by atoms with van der Waals surface area (Å²) in [6.07, 6.45) is 2.70. The molecule has 4 aromatic carbocycles. The summed E-state index contributed by atoms with van der Waals surface area (Å²) >= 11 is 12.7. The molecule has 10 nitrogen and oxygen atoms in total. The topological polar surface area (TPSA) is 138 Å². The van der Waals surface area contributed by atoms with Crippen LogP contribution in [-0.2, 0) is 4.79 Å². The van der Waals surface area contributed by atoms with Crippen LogP contribution in [0.4, 0.5) is 4.39 Å². The molecule has 4 atom stereocenters. The Morgan fingerprint density at radius 2 is 1.11 bits per heavy atom. The molecular formula is C48H61Cl2FN4O6.